The molecule has 1 heterocycles. The number of nitrogens with two attached hydrogens (primary N) is 1. The lowest BCUT2D eigenvalue weighted by atomic mass is 10.3. The molecular formula is C7H11N3S. The maximum atomic E-state index is 5.38. The van der Waals surface area contributed by atoms with Crippen LogP contribution in [0, 0.1) is 0 Å². The van der Waals surface area contributed by atoms with E-state index >= 15 is 0 Å². The first-order chi connectivity index (χ1) is 5.36. The summed E-state index contributed by atoms with van der Waals surface area (Å²) in [4.78, 5) is 8.30. The Bertz CT molecular complexity index is 227. The van der Waals surface area contributed by atoms with Crippen LogP contribution in [0.1, 0.15) is 5.69 Å². The van der Waals surface area contributed by atoms with E-state index < -0.39 is 0 Å². The molecule has 1 aromatic heterocycles. The molecular weight excluding hydrogens is 158 g/mol. The van der Waals surface area contributed by atoms with Crippen LogP contribution in [0.15, 0.2) is 17.4 Å². The standard InChI is InChI=1S/C7H11N3S/c1-11-7-9-5-3-6(10-7)2-4-8/h3,5H,2,4,8H2,1H3. The van der Waals surface area contributed by atoms with Gasteiger partial charge in [0.25, 0.3) is 0 Å². The molecule has 0 fully saturated rings. The van der Waals surface area contributed by atoms with Gasteiger partial charge in [-0.05, 0) is 18.9 Å². The molecule has 0 spiro atoms. The van der Waals surface area contributed by atoms with Crippen molar-refractivity contribution in [1.29, 1.82) is 0 Å². The van der Waals surface area contributed by atoms with Crippen molar-refractivity contribution in [1.82, 2.24) is 9.97 Å². The van der Waals surface area contributed by atoms with E-state index in [4.69, 9.17) is 5.73 Å². The first-order valence-corrected chi connectivity index (χ1v) is 4.65. The van der Waals surface area contributed by atoms with Crippen molar-refractivity contribution in [3.05, 3.63) is 18.0 Å². The van der Waals surface area contributed by atoms with E-state index in [1.54, 1.807) is 18.0 Å². The molecule has 0 unspecified atom stereocenters. The third-order valence-corrected chi connectivity index (χ3v) is 1.84. The van der Waals surface area contributed by atoms with Crippen LogP contribution in [0.2, 0.25) is 0 Å². The minimum atomic E-state index is 0.644. The van der Waals surface area contributed by atoms with Crippen LogP contribution >= 0.6 is 11.8 Å². The van der Waals surface area contributed by atoms with Crippen LogP contribution in [-0.2, 0) is 6.42 Å². The molecule has 60 valence electrons. The summed E-state index contributed by atoms with van der Waals surface area (Å²) < 4.78 is 0. The maximum Gasteiger partial charge on any atom is 0.187 e. The lowest BCUT2D eigenvalue weighted by Crippen LogP contribution is -2.04. The van der Waals surface area contributed by atoms with Crippen LogP contribution in [-0.4, -0.2) is 22.8 Å². The van der Waals surface area contributed by atoms with Gasteiger partial charge in [0, 0.05) is 18.3 Å². The van der Waals surface area contributed by atoms with Gasteiger partial charge in [-0.15, -0.1) is 0 Å². The third-order valence-electron chi connectivity index (χ3n) is 1.27. The van der Waals surface area contributed by atoms with Crippen LogP contribution < -0.4 is 5.73 Å². The largest absolute Gasteiger partial charge is 0.330 e. The summed E-state index contributed by atoms with van der Waals surface area (Å²) in [6.45, 7) is 0.644. The van der Waals surface area contributed by atoms with Gasteiger partial charge in [0.15, 0.2) is 5.16 Å². The Morgan fingerprint density at radius 3 is 3.09 bits per heavy atom. The summed E-state index contributed by atoms with van der Waals surface area (Å²) in [6.07, 6.45) is 4.56. The minimum absolute atomic E-state index is 0.644. The number of hydrogen-bond donors (Lipinski definition) is 1. The molecule has 0 saturated carbocycles. The van der Waals surface area contributed by atoms with Crippen molar-refractivity contribution < 1.29 is 0 Å². The van der Waals surface area contributed by atoms with Crippen molar-refractivity contribution in [2.24, 2.45) is 5.73 Å². The number of hydrogen-bond acceptors (Lipinski definition) is 4. The molecule has 4 heteroatoms. The van der Waals surface area contributed by atoms with E-state index in [-0.39, 0.29) is 0 Å². The molecule has 0 bridgehead atoms. The monoisotopic (exact) mass is 169 g/mol. The van der Waals surface area contributed by atoms with Crippen LogP contribution in [0.3, 0.4) is 0 Å². The summed E-state index contributed by atoms with van der Waals surface area (Å²) in [5.74, 6) is 0. The zero-order valence-electron chi connectivity index (χ0n) is 6.45. The predicted octanol–water partition coefficient (Wildman–Crippen LogP) is 0.700. The second-order valence-corrected chi connectivity index (χ2v) is 2.85. The van der Waals surface area contributed by atoms with E-state index in [2.05, 4.69) is 9.97 Å². The van der Waals surface area contributed by atoms with Gasteiger partial charge >= 0.3 is 0 Å². The highest BCUT2D eigenvalue weighted by Gasteiger charge is 1.95. The third kappa shape index (κ3) is 2.48. The lowest BCUT2D eigenvalue weighted by molar-refractivity contribution is 0.852. The fourth-order valence-electron chi connectivity index (χ4n) is 0.762. The summed E-state index contributed by atoms with van der Waals surface area (Å²) in [6, 6.07) is 1.90. The Morgan fingerprint density at radius 2 is 2.45 bits per heavy atom. The van der Waals surface area contributed by atoms with Gasteiger partial charge in [-0.2, -0.15) is 0 Å². The van der Waals surface area contributed by atoms with Gasteiger partial charge in [-0.1, -0.05) is 11.8 Å². The molecule has 2 N–H and O–H groups in total. The molecule has 0 aliphatic carbocycles. The Hall–Kier alpha value is -0.610. The smallest absolute Gasteiger partial charge is 0.187 e. The summed E-state index contributed by atoms with van der Waals surface area (Å²) in [5.41, 5.74) is 6.41. The fraction of sp³-hybridized carbons (Fsp3) is 0.429. The number of aromatic nitrogens is 2. The van der Waals surface area contributed by atoms with Gasteiger partial charge in [0.1, 0.15) is 0 Å². The van der Waals surface area contributed by atoms with Crippen molar-refractivity contribution in [3.8, 4) is 0 Å². The lowest BCUT2D eigenvalue weighted by Gasteiger charge is -1.98. The predicted molar refractivity (Wildman–Crippen MR) is 46.6 cm³/mol. The number of thioether (sulfide) groups is 1. The zero-order valence-corrected chi connectivity index (χ0v) is 7.27. The average Bonchev–Trinajstić information content (AvgIpc) is 2.06. The summed E-state index contributed by atoms with van der Waals surface area (Å²) in [5, 5.41) is 0.816. The van der Waals surface area contributed by atoms with Crippen molar-refractivity contribution in [3.63, 3.8) is 0 Å². The average molecular weight is 169 g/mol. The molecule has 3 nitrogen and oxygen atoms in total. The second-order valence-electron chi connectivity index (χ2n) is 2.07. The quantitative estimate of drug-likeness (QED) is 0.534. The summed E-state index contributed by atoms with van der Waals surface area (Å²) in [7, 11) is 0. The summed E-state index contributed by atoms with van der Waals surface area (Å²) >= 11 is 1.55. The molecule has 1 aromatic rings. The minimum Gasteiger partial charge on any atom is -0.330 e. The van der Waals surface area contributed by atoms with Gasteiger partial charge in [0.05, 0.1) is 0 Å². The molecule has 0 amide bonds. The molecule has 1 rings (SSSR count). The van der Waals surface area contributed by atoms with E-state index in [1.165, 1.54) is 0 Å². The van der Waals surface area contributed by atoms with E-state index in [0.717, 1.165) is 17.3 Å². The van der Waals surface area contributed by atoms with E-state index in [1.807, 2.05) is 12.3 Å². The van der Waals surface area contributed by atoms with Crippen molar-refractivity contribution in [2.45, 2.75) is 11.6 Å². The number of nitrogens with zero attached hydrogens (tertiary/aromatic N) is 2. The van der Waals surface area contributed by atoms with Crippen LogP contribution in [0.5, 0.6) is 0 Å². The Balaban J connectivity index is 2.74. The first-order valence-electron chi connectivity index (χ1n) is 3.43. The van der Waals surface area contributed by atoms with Gasteiger partial charge in [0.2, 0.25) is 0 Å². The van der Waals surface area contributed by atoms with Crippen molar-refractivity contribution in [2.75, 3.05) is 12.8 Å². The topological polar surface area (TPSA) is 51.8 Å². The molecule has 0 radical (unpaired) electrons. The molecule has 0 aromatic carbocycles. The van der Waals surface area contributed by atoms with Crippen LogP contribution in [0.4, 0.5) is 0 Å². The second kappa shape index (κ2) is 4.31. The SMILES string of the molecule is CSc1nccc(CCN)n1. The molecule has 0 aliphatic heterocycles. The highest BCUT2D eigenvalue weighted by molar-refractivity contribution is 7.98. The molecule has 11 heavy (non-hydrogen) atoms. The maximum absolute atomic E-state index is 5.38. The Morgan fingerprint density at radius 1 is 1.64 bits per heavy atom. The van der Waals surface area contributed by atoms with Gasteiger partial charge < -0.3 is 5.73 Å². The van der Waals surface area contributed by atoms with Crippen LogP contribution in [0.25, 0.3) is 0 Å². The van der Waals surface area contributed by atoms with Gasteiger partial charge in [-0.25, -0.2) is 9.97 Å². The van der Waals surface area contributed by atoms with Gasteiger partial charge in [-0.3, -0.25) is 0 Å². The Kier molecular flexibility index (Phi) is 3.32. The fourth-order valence-corrected chi connectivity index (χ4v) is 1.14. The molecule has 0 atom stereocenters. The van der Waals surface area contributed by atoms with E-state index in [9.17, 15) is 0 Å². The highest BCUT2D eigenvalue weighted by atomic mass is 32.2. The highest BCUT2D eigenvalue weighted by Crippen LogP contribution is 2.07. The normalized spacial score (nSPS) is 10.0. The van der Waals surface area contributed by atoms with Crippen molar-refractivity contribution >= 4 is 11.8 Å². The molecule has 0 aliphatic rings. The molecule has 0 saturated heterocycles. The Labute approximate surface area is 70.4 Å². The zero-order chi connectivity index (χ0) is 8.10. The first kappa shape index (κ1) is 8.49. The van der Waals surface area contributed by atoms with E-state index in [0.29, 0.717) is 6.54 Å². The number of rotatable bonds is 3.